The number of hydrogen-bond donors (Lipinski definition) is 3. The molecular weight excluding hydrogens is 358 g/mol. The Kier molecular flexibility index (Phi) is 10.1. The van der Waals surface area contributed by atoms with Crippen molar-refractivity contribution in [3.8, 4) is 5.88 Å². The molecule has 1 rings (SSSR count). The molecule has 0 fully saturated rings. The van der Waals surface area contributed by atoms with E-state index in [1.165, 1.54) is 0 Å². The van der Waals surface area contributed by atoms with E-state index < -0.39 is 11.7 Å². The second-order valence-corrected chi connectivity index (χ2v) is 7.46. The SMILES string of the molecule is CCCCC(CNC(=O)OC(C)(C)C)NC(=NC)NCc1cccc(OC)n1. The topological polar surface area (TPSA) is 96.9 Å². The quantitative estimate of drug-likeness (QED) is 0.441. The number of hydrogen-bond acceptors (Lipinski definition) is 5. The first kappa shape index (κ1) is 23.5. The number of unbranched alkanes of at least 4 members (excludes halogenated alkanes) is 1. The predicted molar refractivity (Wildman–Crippen MR) is 112 cm³/mol. The molecule has 1 aromatic rings. The van der Waals surface area contributed by atoms with Gasteiger partial charge in [-0.25, -0.2) is 9.78 Å². The number of alkyl carbamates (subject to hydrolysis) is 1. The largest absolute Gasteiger partial charge is 0.481 e. The number of aliphatic imine (C=N–C) groups is 1. The van der Waals surface area contributed by atoms with Crippen molar-refractivity contribution < 1.29 is 14.3 Å². The highest BCUT2D eigenvalue weighted by Crippen LogP contribution is 2.08. The molecule has 0 spiro atoms. The summed E-state index contributed by atoms with van der Waals surface area (Å²) >= 11 is 0. The standard InChI is InChI=1S/C20H35N5O3/c1-7-8-10-16(14-23-19(26)28-20(2,3)4)25-18(21-5)22-13-15-11-9-12-17(24-15)27-6/h9,11-12,16H,7-8,10,13-14H2,1-6H3,(H,23,26)(H2,21,22,25). The summed E-state index contributed by atoms with van der Waals surface area (Å²) < 4.78 is 10.5. The maximum Gasteiger partial charge on any atom is 0.407 e. The lowest BCUT2D eigenvalue weighted by molar-refractivity contribution is 0.0523. The maximum absolute atomic E-state index is 11.9. The van der Waals surface area contributed by atoms with Gasteiger partial charge < -0.3 is 25.4 Å². The average Bonchev–Trinajstić information content (AvgIpc) is 2.65. The molecule has 0 aliphatic carbocycles. The number of nitrogens with zero attached hydrogens (tertiary/aromatic N) is 2. The molecule has 0 radical (unpaired) electrons. The van der Waals surface area contributed by atoms with Crippen LogP contribution in [0.15, 0.2) is 23.2 Å². The normalized spacial score (nSPS) is 12.9. The summed E-state index contributed by atoms with van der Waals surface area (Å²) in [6.45, 7) is 8.64. The van der Waals surface area contributed by atoms with Crippen LogP contribution in [-0.4, -0.2) is 49.4 Å². The minimum Gasteiger partial charge on any atom is -0.481 e. The second-order valence-electron chi connectivity index (χ2n) is 7.46. The third kappa shape index (κ3) is 9.99. The summed E-state index contributed by atoms with van der Waals surface area (Å²) in [6.07, 6.45) is 2.61. The van der Waals surface area contributed by atoms with E-state index in [1.54, 1.807) is 20.2 Å². The van der Waals surface area contributed by atoms with E-state index in [9.17, 15) is 4.79 Å². The van der Waals surface area contributed by atoms with Gasteiger partial charge in [-0.15, -0.1) is 0 Å². The van der Waals surface area contributed by atoms with Gasteiger partial charge in [0.2, 0.25) is 5.88 Å². The molecule has 1 atom stereocenters. The highest BCUT2D eigenvalue weighted by molar-refractivity contribution is 5.80. The van der Waals surface area contributed by atoms with Crippen molar-refractivity contribution in [1.29, 1.82) is 0 Å². The van der Waals surface area contributed by atoms with Gasteiger partial charge in [0.25, 0.3) is 0 Å². The van der Waals surface area contributed by atoms with E-state index in [-0.39, 0.29) is 6.04 Å². The van der Waals surface area contributed by atoms with Gasteiger partial charge in [-0.2, -0.15) is 0 Å². The fourth-order valence-electron chi connectivity index (χ4n) is 2.43. The first-order valence-corrected chi connectivity index (χ1v) is 9.71. The molecule has 28 heavy (non-hydrogen) atoms. The van der Waals surface area contributed by atoms with E-state index in [1.807, 2.05) is 32.9 Å². The highest BCUT2D eigenvalue weighted by Gasteiger charge is 2.18. The Labute approximate surface area is 168 Å². The maximum atomic E-state index is 11.9. The smallest absolute Gasteiger partial charge is 0.407 e. The third-order valence-corrected chi connectivity index (χ3v) is 3.79. The Morgan fingerprint density at radius 2 is 2.04 bits per heavy atom. The summed E-state index contributed by atoms with van der Waals surface area (Å²) in [6, 6.07) is 5.66. The first-order valence-electron chi connectivity index (χ1n) is 9.71. The van der Waals surface area contributed by atoms with Crippen molar-refractivity contribution in [2.24, 2.45) is 4.99 Å². The van der Waals surface area contributed by atoms with Crippen molar-refractivity contribution in [3.63, 3.8) is 0 Å². The molecule has 1 heterocycles. The Morgan fingerprint density at radius 3 is 2.64 bits per heavy atom. The van der Waals surface area contributed by atoms with Gasteiger partial charge in [0.15, 0.2) is 5.96 Å². The Hall–Kier alpha value is -2.51. The van der Waals surface area contributed by atoms with Gasteiger partial charge in [-0.05, 0) is 33.3 Å². The number of carbonyl (C=O) groups is 1. The fraction of sp³-hybridized carbons (Fsp3) is 0.650. The van der Waals surface area contributed by atoms with Crippen molar-refractivity contribution in [2.75, 3.05) is 20.7 Å². The number of guanidine groups is 1. The van der Waals surface area contributed by atoms with Gasteiger partial charge in [-0.3, -0.25) is 4.99 Å². The number of methoxy groups -OCH3 is 1. The number of pyridine rings is 1. The second kappa shape index (κ2) is 12.0. The number of rotatable bonds is 9. The van der Waals surface area contributed by atoms with Crippen molar-refractivity contribution in [3.05, 3.63) is 23.9 Å². The molecule has 158 valence electrons. The van der Waals surface area contributed by atoms with Gasteiger partial charge in [-0.1, -0.05) is 25.8 Å². The van der Waals surface area contributed by atoms with Crippen molar-refractivity contribution in [2.45, 2.75) is 65.1 Å². The van der Waals surface area contributed by atoms with E-state index in [4.69, 9.17) is 9.47 Å². The molecule has 3 N–H and O–H groups in total. The zero-order valence-corrected chi connectivity index (χ0v) is 18.0. The molecular formula is C20H35N5O3. The van der Waals surface area contributed by atoms with E-state index >= 15 is 0 Å². The van der Waals surface area contributed by atoms with Crippen LogP contribution in [0.2, 0.25) is 0 Å². The number of nitrogens with one attached hydrogen (secondary N) is 3. The number of amides is 1. The molecule has 0 aliphatic heterocycles. The van der Waals surface area contributed by atoms with Gasteiger partial charge >= 0.3 is 6.09 Å². The summed E-state index contributed by atoms with van der Waals surface area (Å²) in [4.78, 5) is 20.6. The Balaban J connectivity index is 2.59. The van der Waals surface area contributed by atoms with E-state index in [2.05, 4.69) is 32.9 Å². The minimum absolute atomic E-state index is 0.0388. The Bertz CT molecular complexity index is 629. The van der Waals surface area contributed by atoms with Crippen LogP contribution in [-0.2, 0) is 11.3 Å². The zero-order valence-electron chi connectivity index (χ0n) is 18.0. The van der Waals surface area contributed by atoms with E-state index in [0.717, 1.165) is 25.0 Å². The van der Waals surface area contributed by atoms with Crippen LogP contribution in [0, 0.1) is 0 Å². The molecule has 1 unspecified atom stereocenters. The number of aromatic nitrogens is 1. The third-order valence-electron chi connectivity index (χ3n) is 3.79. The lowest BCUT2D eigenvalue weighted by atomic mass is 10.1. The summed E-state index contributed by atoms with van der Waals surface area (Å²) in [5.41, 5.74) is 0.330. The van der Waals surface area contributed by atoms with Crippen LogP contribution in [0.25, 0.3) is 0 Å². The van der Waals surface area contributed by atoms with Crippen molar-refractivity contribution >= 4 is 12.1 Å². The van der Waals surface area contributed by atoms with Gasteiger partial charge in [0.05, 0.1) is 19.3 Å². The van der Waals surface area contributed by atoms with Crippen LogP contribution in [0.4, 0.5) is 4.79 Å². The van der Waals surface area contributed by atoms with E-state index in [0.29, 0.717) is 24.9 Å². The molecule has 1 amide bonds. The number of ether oxygens (including phenoxy) is 2. The molecule has 0 saturated heterocycles. The monoisotopic (exact) mass is 393 g/mol. The predicted octanol–water partition coefficient (Wildman–Crippen LogP) is 2.84. The molecule has 8 nitrogen and oxygen atoms in total. The molecule has 8 heteroatoms. The molecule has 1 aromatic heterocycles. The zero-order chi connectivity index (χ0) is 21.0. The molecule has 0 bridgehead atoms. The highest BCUT2D eigenvalue weighted by atomic mass is 16.6. The van der Waals surface area contributed by atoms with Crippen LogP contribution in [0.5, 0.6) is 5.88 Å². The minimum atomic E-state index is -0.516. The number of carbonyl (C=O) groups excluding carboxylic acids is 1. The summed E-state index contributed by atoms with van der Waals surface area (Å²) in [5, 5.41) is 9.44. The van der Waals surface area contributed by atoms with Crippen LogP contribution < -0.4 is 20.7 Å². The van der Waals surface area contributed by atoms with Crippen LogP contribution in [0.3, 0.4) is 0 Å². The lowest BCUT2D eigenvalue weighted by Gasteiger charge is -2.24. The lowest BCUT2D eigenvalue weighted by Crippen LogP contribution is -2.48. The summed E-state index contributed by atoms with van der Waals surface area (Å²) in [5.74, 6) is 1.22. The molecule has 0 aromatic carbocycles. The first-order chi connectivity index (χ1) is 13.3. The van der Waals surface area contributed by atoms with Crippen LogP contribution >= 0.6 is 0 Å². The fourth-order valence-corrected chi connectivity index (χ4v) is 2.43. The van der Waals surface area contributed by atoms with Crippen LogP contribution in [0.1, 0.15) is 52.7 Å². The molecule has 0 aliphatic rings. The Morgan fingerprint density at radius 1 is 1.29 bits per heavy atom. The van der Waals surface area contributed by atoms with Gasteiger partial charge in [0.1, 0.15) is 5.60 Å². The van der Waals surface area contributed by atoms with Crippen molar-refractivity contribution in [1.82, 2.24) is 20.9 Å². The average molecular weight is 394 g/mol. The summed E-state index contributed by atoms with van der Waals surface area (Å²) in [7, 11) is 3.31. The molecule has 0 saturated carbocycles. The van der Waals surface area contributed by atoms with Gasteiger partial charge in [0, 0.05) is 25.7 Å².